The lowest BCUT2D eigenvalue weighted by atomic mass is 9.99. The lowest BCUT2D eigenvalue weighted by molar-refractivity contribution is -0.870. The van der Waals surface area contributed by atoms with Crippen molar-refractivity contribution >= 4 is 21.9 Å². The van der Waals surface area contributed by atoms with Crippen LogP contribution in [0.1, 0.15) is 30.2 Å². The van der Waals surface area contributed by atoms with E-state index < -0.39 is 47.1 Å². The van der Waals surface area contributed by atoms with Crippen LogP contribution < -0.4 is 27.0 Å². The molecule has 1 amide bonds. The second-order valence-electron chi connectivity index (χ2n) is 9.85. The quantitative estimate of drug-likeness (QED) is 0.215. The van der Waals surface area contributed by atoms with Crippen molar-refractivity contribution in [2.75, 3.05) is 40.6 Å². The lowest BCUT2D eigenvalue weighted by Gasteiger charge is -2.27. The van der Waals surface area contributed by atoms with Crippen LogP contribution in [0.15, 0.2) is 42.6 Å². The number of sulfonamides is 1. The number of aromatic nitrogens is 1. The highest BCUT2D eigenvalue weighted by molar-refractivity contribution is 7.88. The van der Waals surface area contributed by atoms with Crippen LogP contribution in [0.25, 0.3) is 11.1 Å². The van der Waals surface area contributed by atoms with Crippen molar-refractivity contribution in [2.24, 2.45) is 0 Å². The van der Waals surface area contributed by atoms with E-state index in [1.807, 2.05) is 26.5 Å². The number of hydrogen-bond donors (Lipinski definition) is 2. The number of carbonyl (C=O) groups is 2. The Hall–Kier alpha value is -2.55. The molecular weight excluding hydrogens is 605 g/mol. The van der Waals surface area contributed by atoms with E-state index in [1.165, 1.54) is 0 Å². The van der Waals surface area contributed by atoms with Crippen molar-refractivity contribution < 1.29 is 57.4 Å². The van der Waals surface area contributed by atoms with Gasteiger partial charge in [-0.25, -0.2) is 17.5 Å². The third-order valence-corrected chi connectivity index (χ3v) is 6.11. The van der Waals surface area contributed by atoms with Crippen molar-refractivity contribution in [2.45, 2.75) is 38.0 Å². The summed E-state index contributed by atoms with van der Waals surface area (Å²) in [7, 11) is 2.53. The zero-order chi connectivity index (χ0) is 28.5. The van der Waals surface area contributed by atoms with Gasteiger partial charge < -0.3 is 31.5 Å². The minimum Gasteiger partial charge on any atom is -1.00 e. The van der Waals surface area contributed by atoms with Gasteiger partial charge in [0.05, 0.1) is 58.6 Å². The van der Waals surface area contributed by atoms with Gasteiger partial charge in [0.1, 0.15) is 12.8 Å². The zero-order valence-electron chi connectivity index (χ0n) is 22.2. The fourth-order valence-electron chi connectivity index (χ4n) is 3.49. The number of amides is 1. The third kappa shape index (κ3) is 12.4. The van der Waals surface area contributed by atoms with Crippen LogP contribution in [0.4, 0.5) is 13.2 Å². The summed E-state index contributed by atoms with van der Waals surface area (Å²) < 4.78 is 70.5. The molecule has 0 spiro atoms. The molecule has 0 saturated heterocycles. The monoisotopic (exact) mass is 638 g/mol. The molecule has 2 N–H and O–H groups in total. The fraction of sp³-hybridized carbons (Fsp3) is 0.480. The smallest absolute Gasteiger partial charge is 0.315 e. The average Bonchev–Trinajstić information content (AvgIpc) is 2.84. The predicted octanol–water partition coefficient (Wildman–Crippen LogP) is -0.408. The van der Waals surface area contributed by atoms with Crippen molar-refractivity contribution in [1.29, 1.82) is 0 Å². The van der Waals surface area contributed by atoms with E-state index in [9.17, 15) is 31.2 Å². The normalized spacial score (nSPS) is 13.3. The maximum absolute atomic E-state index is 13.9. The van der Waals surface area contributed by atoms with Crippen molar-refractivity contribution in [1.82, 2.24) is 15.0 Å². The molecule has 1 aromatic heterocycles. The van der Waals surface area contributed by atoms with Gasteiger partial charge in [0.2, 0.25) is 10.0 Å². The minimum atomic E-state index is -3.36. The predicted molar refractivity (Wildman–Crippen MR) is 136 cm³/mol. The van der Waals surface area contributed by atoms with Gasteiger partial charge in [0.15, 0.2) is 0 Å². The first kappa shape index (κ1) is 34.5. The number of rotatable bonds is 14. The molecule has 0 aliphatic rings. The second kappa shape index (κ2) is 15.3. The van der Waals surface area contributed by atoms with Gasteiger partial charge in [-0.2, -0.15) is 8.78 Å². The maximum atomic E-state index is 13.9. The molecule has 0 bridgehead atoms. The van der Waals surface area contributed by atoms with Gasteiger partial charge in [0.25, 0.3) is 5.91 Å². The van der Waals surface area contributed by atoms with Crippen molar-refractivity contribution in [3.05, 3.63) is 53.9 Å². The van der Waals surface area contributed by atoms with Crippen LogP contribution in [0, 0.1) is 0 Å². The molecule has 0 aliphatic carbocycles. The molecule has 39 heavy (non-hydrogen) atoms. The first-order chi connectivity index (χ1) is 17.7. The molecular formula is C25H34BrF3N4O5S. The number of alkyl halides is 3. The summed E-state index contributed by atoms with van der Waals surface area (Å²) >= 11 is 0. The number of carbonyl (C=O) groups excluding carboxylic acids is 2. The number of quaternary nitrogens is 1. The molecule has 0 aliphatic heterocycles. The van der Waals surface area contributed by atoms with E-state index in [4.69, 9.17) is 4.74 Å². The topological polar surface area (TPSA) is 114 Å². The number of nitrogens with one attached hydrogen (secondary N) is 2. The summed E-state index contributed by atoms with van der Waals surface area (Å²) in [4.78, 5) is 28.3. The van der Waals surface area contributed by atoms with Crippen LogP contribution in [0.3, 0.4) is 0 Å². The number of halogens is 4. The summed E-state index contributed by atoms with van der Waals surface area (Å²) in [6.45, 7) is -0.515. The van der Waals surface area contributed by atoms with Crippen molar-refractivity contribution in [3.8, 4) is 11.1 Å². The summed E-state index contributed by atoms with van der Waals surface area (Å²) in [5, 5.41) is 1.92. The highest BCUT2D eigenvalue weighted by atomic mass is 79.9. The van der Waals surface area contributed by atoms with Crippen LogP contribution >= 0.6 is 0 Å². The first-order valence-corrected chi connectivity index (χ1v) is 13.7. The second-order valence-corrected chi connectivity index (χ2v) is 11.7. The first-order valence-electron chi connectivity index (χ1n) is 11.8. The van der Waals surface area contributed by atoms with E-state index in [1.54, 1.807) is 42.6 Å². The summed E-state index contributed by atoms with van der Waals surface area (Å²) in [5.74, 6) is -2.30. The minimum absolute atomic E-state index is 0. The molecule has 0 fully saturated rings. The fourth-order valence-corrected chi connectivity index (χ4v) is 3.90. The Labute approximate surface area is 237 Å². The van der Waals surface area contributed by atoms with E-state index in [-0.39, 0.29) is 29.9 Å². The standard InChI is InChI=1S/C25H33F3N4O5S.BrH/c1-32(2,3)13-5-6-22(33)37-23(21(14-26)31-25(34)24(27)28)18-9-7-17(8-10-18)19-11-12-20(29-15-19)16-30-38(4,35)36;/h7-12,15,21,23-24,30H,5-6,13-14,16H2,1-4H3;1H/t21-,23-;/m1./s1. The van der Waals surface area contributed by atoms with E-state index in [0.717, 1.165) is 6.26 Å². The highest BCUT2D eigenvalue weighted by Crippen LogP contribution is 2.27. The van der Waals surface area contributed by atoms with Crippen molar-refractivity contribution in [3.63, 3.8) is 0 Å². The molecule has 218 valence electrons. The summed E-state index contributed by atoms with van der Waals surface area (Å²) in [6, 6.07) is 8.30. The van der Waals surface area contributed by atoms with Crippen LogP contribution in [-0.2, 0) is 30.9 Å². The Kier molecular flexibility index (Phi) is 13.5. The Morgan fingerprint density at radius 3 is 2.15 bits per heavy atom. The molecule has 2 rings (SSSR count). The molecule has 0 radical (unpaired) electrons. The van der Waals surface area contributed by atoms with Gasteiger partial charge in [0, 0.05) is 18.2 Å². The van der Waals surface area contributed by atoms with Gasteiger partial charge in [-0.3, -0.25) is 14.6 Å². The van der Waals surface area contributed by atoms with Crippen LogP contribution in [-0.4, -0.2) is 82.8 Å². The van der Waals surface area contributed by atoms with Gasteiger partial charge in [-0.1, -0.05) is 30.3 Å². The van der Waals surface area contributed by atoms with E-state index >= 15 is 0 Å². The third-order valence-electron chi connectivity index (χ3n) is 5.44. The largest absolute Gasteiger partial charge is 1.00 e. The average molecular weight is 640 g/mol. The Balaban J connectivity index is 0.00000760. The molecule has 14 heteroatoms. The van der Waals surface area contributed by atoms with Gasteiger partial charge in [-0.15, -0.1) is 0 Å². The molecule has 1 heterocycles. The number of pyridine rings is 1. The molecule has 2 aromatic rings. The van der Waals surface area contributed by atoms with E-state index in [2.05, 4.69) is 9.71 Å². The number of nitrogens with zero attached hydrogens (tertiary/aromatic N) is 2. The summed E-state index contributed by atoms with van der Waals surface area (Å²) in [5.41, 5.74) is 2.22. The number of ether oxygens (including phenoxy) is 1. The van der Waals surface area contributed by atoms with Gasteiger partial charge >= 0.3 is 12.4 Å². The Morgan fingerprint density at radius 1 is 1.05 bits per heavy atom. The molecule has 0 saturated carbocycles. The number of hydrogen-bond acceptors (Lipinski definition) is 6. The SMILES string of the molecule is C[N+](C)(C)CCCC(=O)O[C@H](c1ccc(-c2ccc(CNS(C)(=O)=O)nc2)cc1)[C@@H](CF)NC(=O)C(F)F.[Br-]. The maximum Gasteiger partial charge on any atom is 0.315 e. The molecule has 2 atom stereocenters. The number of benzene rings is 1. The molecule has 0 unspecified atom stereocenters. The Bertz CT molecular complexity index is 1180. The summed E-state index contributed by atoms with van der Waals surface area (Å²) in [6.07, 6.45) is -1.54. The van der Waals surface area contributed by atoms with Gasteiger partial charge in [-0.05, 0) is 17.2 Å². The highest BCUT2D eigenvalue weighted by Gasteiger charge is 2.31. The molecule has 1 aromatic carbocycles. The van der Waals surface area contributed by atoms with Crippen LogP contribution in [0.2, 0.25) is 0 Å². The number of esters is 1. The van der Waals surface area contributed by atoms with E-state index in [0.29, 0.717) is 39.8 Å². The lowest BCUT2D eigenvalue weighted by Crippen LogP contribution is -3.00. The van der Waals surface area contributed by atoms with Crippen LogP contribution in [0.5, 0.6) is 0 Å². The zero-order valence-corrected chi connectivity index (χ0v) is 24.6. The molecule has 9 nitrogen and oxygen atoms in total. The Morgan fingerprint density at radius 2 is 1.67 bits per heavy atom.